The largest absolute Gasteiger partial charge is 0.368 e. The highest BCUT2D eigenvalue weighted by Crippen LogP contribution is 2.15. The lowest BCUT2D eigenvalue weighted by atomic mass is 9.97. The fourth-order valence-electron chi connectivity index (χ4n) is 2.76. The number of ether oxygens (including phenoxy) is 1. The number of carbonyl (C=O) groups excluding carboxylic acids is 2. The van der Waals surface area contributed by atoms with Crippen molar-refractivity contribution in [1.82, 2.24) is 15.5 Å². The van der Waals surface area contributed by atoms with Gasteiger partial charge in [0.25, 0.3) is 0 Å². The fraction of sp³-hybridized carbons (Fsp3) is 0.875. The molecule has 0 aliphatic carbocycles. The van der Waals surface area contributed by atoms with E-state index in [1.165, 1.54) is 0 Å². The van der Waals surface area contributed by atoms with E-state index in [1.54, 1.807) is 0 Å². The van der Waals surface area contributed by atoms with Gasteiger partial charge in [0.2, 0.25) is 5.91 Å². The minimum Gasteiger partial charge on any atom is -0.368 e. The van der Waals surface area contributed by atoms with Gasteiger partial charge in [-0.15, -0.1) is 0 Å². The Balaban J connectivity index is 1.68. The molecule has 22 heavy (non-hydrogen) atoms. The maximum atomic E-state index is 12.1. The number of hydrogen-bond donors (Lipinski definition) is 2. The molecule has 0 saturated carbocycles. The van der Waals surface area contributed by atoms with Gasteiger partial charge in [-0.05, 0) is 31.1 Å². The second kappa shape index (κ2) is 7.31. The van der Waals surface area contributed by atoms with Crippen molar-refractivity contribution in [3.63, 3.8) is 0 Å². The molecule has 6 nitrogen and oxygen atoms in total. The zero-order valence-electron chi connectivity index (χ0n) is 14.0. The minimum atomic E-state index is -0.270. The predicted molar refractivity (Wildman–Crippen MR) is 84.6 cm³/mol. The first-order chi connectivity index (χ1) is 10.3. The Kier molecular flexibility index (Phi) is 5.67. The van der Waals surface area contributed by atoms with Crippen LogP contribution in [0.3, 0.4) is 0 Å². The molecular formula is C16H29N3O3. The Morgan fingerprint density at radius 1 is 1.18 bits per heavy atom. The van der Waals surface area contributed by atoms with Gasteiger partial charge >= 0.3 is 6.03 Å². The number of amides is 3. The van der Waals surface area contributed by atoms with Crippen LogP contribution in [0.4, 0.5) is 4.79 Å². The van der Waals surface area contributed by atoms with Crippen molar-refractivity contribution in [2.24, 2.45) is 5.41 Å². The molecule has 2 rings (SSSR count). The van der Waals surface area contributed by atoms with E-state index in [9.17, 15) is 9.59 Å². The van der Waals surface area contributed by atoms with Crippen LogP contribution in [0.25, 0.3) is 0 Å². The standard InChI is InChI=1S/C16H29N3O3/c1-16(2,3)11-17-15(21)19-8-6-12(7-9-19)18-14(20)13-5-4-10-22-13/h12-13H,4-11H2,1-3H3,(H,17,21)(H,18,20). The number of nitrogens with zero attached hydrogens (tertiary/aromatic N) is 1. The van der Waals surface area contributed by atoms with Gasteiger partial charge in [-0.3, -0.25) is 4.79 Å². The van der Waals surface area contributed by atoms with Crippen LogP contribution < -0.4 is 10.6 Å². The van der Waals surface area contributed by atoms with Crippen LogP contribution in [0.15, 0.2) is 0 Å². The molecule has 0 aromatic carbocycles. The second-order valence-corrected chi connectivity index (χ2v) is 7.49. The van der Waals surface area contributed by atoms with Crippen LogP contribution in [-0.2, 0) is 9.53 Å². The number of nitrogens with one attached hydrogen (secondary N) is 2. The lowest BCUT2D eigenvalue weighted by molar-refractivity contribution is -0.131. The van der Waals surface area contributed by atoms with E-state index in [0.717, 1.165) is 25.7 Å². The Morgan fingerprint density at radius 2 is 1.86 bits per heavy atom. The van der Waals surface area contributed by atoms with Gasteiger partial charge < -0.3 is 20.3 Å². The van der Waals surface area contributed by atoms with Gasteiger partial charge in [0, 0.05) is 32.3 Å². The van der Waals surface area contributed by atoms with Crippen LogP contribution in [-0.4, -0.2) is 55.2 Å². The molecule has 3 amide bonds. The first kappa shape index (κ1) is 17.1. The van der Waals surface area contributed by atoms with Crippen LogP contribution in [0.1, 0.15) is 46.5 Å². The van der Waals surface area contributed by atoms with Crippen molar-refractivity contribution in [2.75, 3.05) is 26.2 Å². The number of urea groups is 1. The molecule has 2 saturated heterocycles. The molecule has 1 unspecified atom stereocenters. The highest BCUT2D eigenvalue weighted by atomic mass is 16.5. The third kappa shape index (κ3) is 5.16. The fourth-order valence-corrected chi connectivity index (χ4v) is 2.76. The molecule has 2 heterocycles. The zero-order chi connectivity index (χ0) is 16.2. The topological polar surface area (TPSA) is 70.7 Å². The van der Waals surface area contributed by atoms with Gasteiger partial charge in [0.05, 0.1) is 0 Å². The molecule has 2 fully saturated rings. The Labute approximate surface area is 132 Å². The Morgan fingerprint density at radius 3 is 2.41 bits per heavy atom. The molecule has 0 radical (unpaired) electrons. The highest BCUT2D eigenvalue weighted by molar-refractivity contribution is 5.81. The van der Waals surface area contributed by atoms with Crippen LogP contribution in [0.5, 0.6) is 0 Å². The first-order valence-electron chi connectivity index (χ1n) is 8.30. The zero-order valence-corrected chi connectivity index (χ0v) is 14.0. The lowest BCUT2D eigenvalue weighted by Gasteiger charge is -2.33. The van der Waals surface area contributed by atoms with E-state index < -0.39 is 0 Å². The van der Waals surface area contributed by atoms with Crippen LogP contribution in [0.2, 0.25) is 0 Å². The summed E-state index contributed by atoms with van der Waals surface area (Å²) in [5, 5.41) is 6.03. The van der Waals surface area contributed by atoms with E-state index in [4.69, 9.17) is 4.74 Å². The average Bonchev–Trinajstić information content (AvgIpc) is 2.99. The summed E-state index contributed by atoms with van der Waals surface area (Å²) < 4.78 is 5.39. The molecule has 2 N–H and O–H groups in total. The van der Waals surface area contributed by atoms with E-state index in [2.05, 4.69) is 31.4 Å². The van der Waals surface area contributed by atoms with Gasteiger partial charge in [0.1, 0.15) is 6.10 Å². The number of likely N-dealkylation sites (tertiary alicyclic amines) is 1. The number of piperidine rings is 1. The summed E-state index contributed by atoms with van der Waals surface area (Å²) in [5.41, 5.74) is 0.0865. The molecule has 6 heteroatoms. The monoisotopic (exact) mass is 311 g/mol. The highest BCUT2D eigenvalue weighted by Gasteiger charge is 2.28. The quantitative estimate of drug-likeness (QED) is 0.830. The van der Waals surface area contributed by atoms with Crippen LogP contribution in [0, 0.1) is 5.41 Å². The number of carbonyl (C=O) groups is 2. The van der Waals surface area contributed by atoms with E-state index in [-0.39, 0.29) is 29.5 Å². The van der Waals surface area contributed by atoms with Crippen molar-refractivity contribution in [1.29, 1.82) is 0 Å². The third-order valence-corrected chi connectivity index (χ3v) is 4.12. The molecular weight excluding hydrogens is 282 g/mol. The van der Waals surface area contributed by atoms with E-state index in [1.807, 2.05) is 4.90 Å². The Hall–Kier alpha value is -1.30. The van der Waals surface area contributed by atoms with E-state index in [0.29, 0.717) is 26.2 Å². The maximum Gasteiger partial charge on any atom is 0.317 e. The third-order valence-electron chi connectivity index (χ3n) is 4.12. The van der Waals surface area contributed by atoms with Crippen LogP contribution >= 0.6 is 0 Å². The average molecular weight is 311 g/mol. The van der Waals surface area contributed by atoms with Crippen molar-refractivity contribution in [3.8, 4) is 0 Å². The molecule has 2 aliphatic heterocycles. The lowest BCUT2D eigenvalue weighted by Crippen LogP contribution is -2.51. The maximum absolute atomic E-state index is 12.1. The van der Waals surface area contributed by atoms with Crippen molar-refractivity contribution in [3.05, 3.63) is 0 Å². The summed E-state index contributed by atoms with van der Waals surface area (Å²) in [4.78, 5) is 25.9. The van der Waals surface area contributed by atoms with Crippen molar-refractivity contribution >= 4 is 11.9 Å². The second-order valence-electron chi connectivity index (χ2n) is 7.49. The molecule has 0 aromatic rings. The number of hydrogen-bond acceptors (Lipinski definition) is 3. The summed E-state index contributed by atoms with van der Waals surface area (Å²) in [6.45, 7) is 9.02. The normalized spacial score (nSPS) is 23.4. The van der Waals surface area contributed by atoms with Gasteiger partial charge in [0.15, 0.2) is 0 Å². The van der Waals surface area contributed by atoms with Gasteiger partial charge in [-0.2, -0.15) is 0 Å². The van der Waals surface area contributed by atoms with Gasteiger partial charge in [-0.1, -0.05) is 20.8 Å². The molecule has 0 bridgehead atoms. The summed E-state index contributed by atoms with van der Waals surface area (Å²) in [5.74, 6) is 0.00753. The smallest absolute Gasteiger partial charge is 0.317 e. The first-order valence-corrected chi connectivity index (χ1v) is 8.30. The molecule has 0 spiro atoms. The van der Waals surface area contributed by atoms with Crippen molar-refractivity contribution in [2.45, 2.75) is 58.6 Å². The molecule has 2 aliphatic rings. The van der Waals surface area contributed by atoms with E-state index >= 15 is 0 Å². The molecule has 1 atom stereocenters. The molecule has 0 aromatic heterocycles. The van der Waals surface area contributed by atoms with Gasteiger partial charge in [-0.25, -0.2) is 4.79 Å². The SMILES string of the molecule is CC(C)(C)CNC(=O)N1CCC(NC(=O)C2CCCO2)CC1. The minimum absolute atomic E-state index is 0.00109. The molecule has 126 valence electrons. The van der Waals surface area contributed by atoms with Crippen molar-refractivity contribution < 1.29 is 14.3 Å². The number of rotatable bonds is 3. The summed E-state index contributed by atoms with van der Waals surface area (Å²) >= 11 is 0. The predicted octanol–water partition coefficient (Wildman–Crippen LogP) is 1.50. The Bertz CT molecular complexity index is 392. The summed E-state index contributed by atoms with van der Waals surface area (Å²) in [6.07, 6.45) is 3.13. The summed E-state index contributed by atoms with van der Waals surface area (Å²) in [6, 6.07) is 0.155. The summed E-state index contributed by atoms with van der Waals surface area (Å²) in [7, 11) is 0.